The van der Waals surface area contributed by atoms with Gasteiger partial charge in [-0.3, -0.25) is 4.98 Å². The SMILES string of the molecule is Oc1ccccc1N1CCN(c2nc(-c3cccnc3)nc3ccccc23)CC1. The van der Waals surface area contributed by atoms with E-state index in [1.165, 1.54) is 0 Å². The third-order valence-corrected chi connectivity index (χ3v) is 5.30. The van der Waals surface area contributed by atoms with Gasteiger partial charge in [-0.25, -0.2) is 9.97 Å². The van der Waals surface area contributed by atoms with Gasteiger partial charge in [0.25, 0.3) is 0 Å². The Kier molecular flexibility index (Phi) is 4.44. The van der Waals surface area contributed by atoms with Crippen molar-refractivity contribution in [2.24, 2.45) is 0 Å². The number of hydrogen-bond donors (Lipinski definition) is 1. The summed E-state index contributed by atoms with van der Waals surface area (Å²) in [7, 11) is 0. The summed E-state index contributed by atoms with van der Waals surface area (Å²) in [6.07, 6.45) is 3.55. The van der Waals surface area contributed by atoms with Gasteiger partial charge in [0.2, 0.25) is 0 Å². The van der Waals surface area contributed by atoms with E-state index >= 15 is 0 Å². The van der Waals surface area contributed by atoms with Crippen molar-refractivity contribution in [1.82, 2.24) is 15.0 Å². The molecule has 0 aliphatic carbocycles. The molecule has 4 aromatic rings. The summed E-state index contributed by atoms with van der Waals surface area (Å²) < 4.78 is 0. The molecule has 2 aromatic carbocycles. The minimum atomic E-state index is 0.326. The second-order valence-electron chi connectivity index (χ2n) is 7.09. The van der Waals surface area contributed by atoms with Crippen LogP contribution in [0.25, 0.3) is 22.3 Å². The predicted octanol–water partition coefficient (Wildman–Crippen LogP) is 3.72. The standard InChI is InChI=1S/C23H21N5O/c29-21-10-4-3-9-20(21)27-12-14-28(15-13-27)23-18-7-1-2-8-19(18)25-22(26-23)17-6-5-11-24-16-17/h1-11,16,29H,12-15H2. The van der Waals surface area contributed by atoms with Crippen molar-refractivity contribution in [1.29, 1.82) is 0 Å². The molecule has 1 saturated heterocycles. The quantitative estimate of drug-likeness (QED) is 0.582. The molecule has 6 nitrogen and oxygen atoms in total. The molecule has 29 heavy (non-hydrogen) atoms. The number of phenols is 1. The minimum Gasteiger partial charge on any atom is -0.506 e. The Bertz CT molecular complexity index is 1140. The van der Waals surface area contributed by atoms with E-state index in [0.717, 1.165) is 54.2 Å². The zero-order chi connectivity index (χ0) is 19.6. The van der Waals surface area contributed by atoms with Crippen LogP contribution in [-0.4, -0.2) is 46.2 Å². The lowest BCUT2D eigenvalue weighted by Gasteiger charge is -2.37. The van der Waals surface area contributed by atoms with Crippen molar-refractivity contribution >= 4 is 22.4 Å². The molecule has 2 aromatic heterocycles. The van der Waals surface area contributed by atoms with Crippen LogP contribution in [0.5, 0.6) is 5.75 Å². The Labute approximate surface area is 169 Å². The lowest BCUT2D eigenvalue weighted by molar-refractivity contribution is 0.472. The fourth-order valence-corrected chi connectivity index (χ4v) is 3.82. The van der Waals surface area contributed by atoms with Gasteiger partial charge in [-0.15, -0.1) is 0 Å². The van der Waals surface area contributed by atoms with Crippen molar-refractivity contribution in [2.45, 2.75) is 0 Å². The summed E-state index contributed by atoms with van der Waals surface area (Å²) in [6.45, 7) is 3.28. The normalized spacial score (nSPS) is 14.3. The van der Waals surface area contributed by atoms with Gasteiger partial charge in [0.05, 0.1) is 11.2 Å². The van der Waals surface area contributed by atoms with Crippen LogP contribution in [-0.2, 0) is 0 Å². The minimum absolute atomic E-state index is 0.326. The zero-order valence-corrected chi connectivity index (χ0v) is 15.9. The average Bonchev–Trinajstić information content (AvgIpc) is 2.79. The first-order valence-corrected chi connectivity index (χ1v) is 9.75. The molecule has 0 amide bonds. The first kappa shape index (κ1) is 17.4. The maximum absolute atomic E-state index is 10.2. The lowest BCUT2D eigenvalue weighted by atomic mass is 10.1. The topological polar surface area (TPSA) is 65.4 Å². The molecule has 3 heterocycles. The van der Waals surface area contributed by atoms with Gasteiger partial charge in [-0.2, -0.15) is 0 Å². The fraction of sp³-hybridized carbons (Fsp3) is 0.174. The van der Waals surface area contributed by atoms with Crippen LogP contribution in [0.1, 0.15) is 0 Å². The number of piperazine rings is 1. The van der Waals surface area contributed by atoms with Gasteiger partial charge >= 0.3 is 0 Å². The van der Waals surface area contributed by atoms with Crippen LogP contribution in [0, 0.1) is 0 Å². The molecule has 5 rings (SSSR count). The Morgan fingerprint density at radius 2 is 1.52 bits per heavy atom. The maximum Gasteiger partial charge on any atom is 0.163 e. The van der Waals surface area contributed by atoms with Gasteiger partial charge in [0.15, 0.2) is 5.82 Å². The molecular weight excluding hydrogens is 362 g/mol. The average molecular weight is 383 g/mol. The van der Waals surface area contributed by atoms with Gasteiger partial charge in [-0.05, 0) is 36.4 Å². The molecule has 1 aliphatic heterocycles. The third-order valence-electron chi connectivity index (χ3n) is 5.30. The molecule has 0 radical (unpaired) electrons. The molecule has 0 atom stereocenters. The number of aromatic hydroxyl groups is 1. The molecule has 1 aliphatic rings. The summed E-state index contributed by atoms with van der Waals surface area (Å²) in [4.78, 5) is 18.4. The maximum atomic E-state index is 10.2. The van der Waals surface area contributed by atoms with Crippen molar-refractivity contribution < 1.29 is 5.11 Å². The van der Waals surface area contributed by atoms with Crippen LogP contribution >= 0.6 is 0 Å². The summed E-state index contributed by atoms with van der Waals surface area (Å²) in [5, 5.41) is 11.2. The third kappa shape index (κ3) is 3.33. The smallest absolute Gasteiger partial charge is 0.163 e. The van der Waals surface area contributed by atoms with E-state index in [1.807, 2.05) is 48.5 Å². The van der Waals surface area contributed by atoms with E-state index in [9.17, 15) is 5.11 Å². The number of anilines is 2. The molecule has 6 heteroatoms. The molecule has 1 fully saturated rings. The van der Waals surface area contributed by atoms with E-state index in [0.29, 0.717) is 11.6 Å². The van der Waals surface area contributed by atoms with Crippen molar-refractivity contribution in [3.8, 4) is 17.1 Å². The van der Waals surface area contributed by atoms with Crippen molar-refractivity contribution in [3.63, 3.8) is 0 Å². The highest BCUT2D eigenvalue weighted by Gasteiger charge is 2.22. The Morgan fingerprint density at radius 1 is 0.759 bits per heavy atom. The predicted molar refractivity (Wildman–Crippen MR) is 115 cm³/mol. The van der Waals surface area contributed by atoms with E-state index in [-0.39, 0.29) is 0 Å². The second kappa shape index (κ2) is 7.39. The molecule has 0 unspecified atom stereocenters. The van der Waals surface area contributed by atoms with Crippen LogP contribution in [0.15, 0.2) is 73.1 Å². The molecule has 1 N–H and O–H groups in total. The van der Waals surface area contributed by atoms with E-state index in [2.05, 4.69) is 20.9 Å². The van der Waals surface area contributed by atoms with E-state index in [1.54, 1.807) is 18.5 Å². The van der Waals surface area contributed by atoms with E-state index < -0.39 is 0 Å². The monoisotopic (exact) mass is 383 g/mol. The van der Waals surface area contributed by atoms with Crippen LogP contribution in [0.3, 0.4) is 0 Å². The first-order chi connectivity index (χ1) is 14.3. The molecule has 0 saturated carbocycles. The lowest BCUT2D eigenvalue weighted by Crippen LogP contribution is -2.47. The highest BCUT2D eigenvalue weighted by molar-refractivity contribution is 5.91. The highest BCUT2D eigenvalue weighted by Crippen LogP contribution is 2.31. The number of fused-ring (bicyclic) bond motifs is 1. The summed E-state index contributed by atoms with van der Waals surface area (Å²) >= 11 is 0. The fourth-order valence-electron chi connectivity index (χ4n) is 3.82. The highest BCUT2D eigenvalue weighted by atomic mass is 16.3. The Balaban J connectivity index is 1.48. The van der Waals surface area contributed by atoms with Crippen LogP contribution in [0.4, 0.5) is 11.5 Å². The first-order valence-electron chi connectivity index (χ1n) is 9.75. The van der Waals surface area contributed by atoms with Crippen LogP contribution < -0.4 is 9.80 Å². The second-order valence-corrected chi connectivity index (χ2v) is 7.09. The number of benzene rings is 2. The Hall–Kier alpha value is -3.67. The van der Waals surface area contributed by atoms with Gasteiger partial charge < -0.3 is 14.9 Å². The number of nitrogens with zero attached hydrogens (tertiary/aromatic N) is 5. The molecule has 144 valence electrons. The van der Waals surface area contributed by atoms with Gasteiger partial charge in [0.1, 0.15) is 11.6 Å². The van der Waals surface area contributed by atoms with Gasteiger partial charge in [0, 0.05) is 49.5 Å². The number of rotatable bonds is 3. The zero-order valence-electron chi connectivity index (χ0n) is 15.9. The largest absolute Gasteiger partial charge is 0.506 e. The number of aromatic nitrogens is 3. The van der Waals surface area contributed by atoms with Crippen molar-refractivity contribution in [3.05, 3.63) is 73.1 Å². The number of phenolic OH excluding ortho intramolecular Hbond substituents is 1. The summed E-state index contributed by atoms with van der Waals surface area (Å²) in [5.74, 6) is 1.97. The van der Waals surface area contributed by atoms with Gasteiger partial charge in [-0.1, -0.05) is 24.3 Å². The number of para-hydroxylation sites is 3. The van der Waals surface area contributed by atoms with E-state index in [4.69, 9.17) is 9.97 Å². The summed E-state index contributed by atoms with van der Waals surface area (Å²) in [5.41, 5.74) is 2.72. The summed E-state index contributed by atoms with van der Waals surface area (Å²) in [6, 6.07) is 19.5. The number of hydrogen-bond acceptors (Lipinski definition) is 6. The molecule has 0 bridgehead atoms. The Morgan fingerprint density at radius 3 is 2.31 bits per heavy atom. The van der Waals surface area contributed by atoms with Crippen LogP contribution in [0.2, 0.25) is 0 Å². The van der Waals surface area contributed by atoms with Crippen molar-refractivity contribution in [2.75, 3.05) is 36.0 Å². The molecule has 0 spiro atoms. The number of pyridine rings is 1. The molecular formula is C23H21N5O.